The first-order chi connectivity index (χ1) is 8.20. The number of hydrogen-bond donors (Lipinski definition) is 2. The minimum Gasteiger partial charge on any atom is -0.372 e. The van der Waals surface area contributed by atoms with E-state index in [1.54, 1.807) is 7.05 Å². The van der Waals surface area contributed by atoms with Crippen molar-refractivity contribution in [1.29, 1.82) is 0 Å². The standard InChI is InChI=1S/C11H10BrClN4/c1-14-10-9(12)11(16-6-15-10)17-8-4-2-7(13)3-5-8/h2-6H,1H3,(H2,14,15,16,17). The smallest absolute Gasteiger partial charge is 0.150 e. The van der Waals surface area contributed by atoms with Crippen molar-refractivity contribution in [3.63, 3.8) is 0 Å². The summed E-state index contributed by atoms with van der Waals surface area (Å²) in [7, 11) is 1.80. The predicted molar refractivity (Wildman–Crippen MR) is 74.0 cm³/mol. The molecule has 17 heavy (non-hydrogen) atoms. The van der Waals surface area contributed by atoms with Crippen LogP contribution in [-0.4, -0.2) is 17.0 Å². The molecule has 0 bridgehead atoms. The summed E-state index contributed by atoms with van der Waals surface area (Å²) >= 11 is 9.26. The number of halogens is 2. The van der Waals surface area contributed by atoms with Gasteiger partial charge in [-0.3, -0.25) is 0 Å². The van der Waals surface area contributed by atoms with Gasteiger partial charge >= 0.3 is 0 Å². The second kappa shape index (κ2) is 5.33. The van der Waals surface area contributed by atoms with Crippen LogP contribution in [0.15, 0.2) is 35.1 Å². The van der Waals surface area contributed by atoms with Crippen LogP contribution in [0.1, 0.15) is 0 Å². The zero-order chi connectivity index (χ0) is 12.3. The first-order valence-electron chi connectivity index (χ1n) is 4.91. The van der Waals surface area contributed by atoms with Gasteiger partial charge < -0.3 is 10.6 Å². The number of rotatable bonds is 3. The molecule has 0 atom stereocenters. The van der Waals surface area contributed by atoms with Crippen molar-refractivity contribution in [3.05, 3.63) is 40.1 Å². The molecule has 0 amide bonds. The number of hydrogen-bond acceptors (Lipinski definition) is 4. The van der Waals surface area contributed by atoms with Gasteiger partial charge in [-0.2, -0.15) is 0 Å². The van der Waals surface area contributed by atoms with Crippen molar-refractivity contribution in [2.45, 2.75) is 0 Å². The molecule has 0 aliphatic rings. The van der Waals surface area contributed by atoms with Gasteiger partial charge in [0.05, 0.1) is 0 Å². The molecule has 0 fully saturated rings. The maximum absolute atomic E-state index is 5.82. The Morgan fingerprint density at radius 3 is 2.41 bits per heavy atom. The van der Waals surface area contributed by atoms with Crippen molar-refractivity contribution < 1.29 is 0 Å². The van der Waals surface area contributed by atoms with Crippen molar-refractivity contribution in [2.24, 2.45) is 0 Å². The molecule has 0 aliphatic heterocycles. The normalized spacial score (nSPS) is 10.1. The minimum absolute atomic E-state index is 0.701. The lowest BCUT2D eigenvalue weighted by Crippen LogP contribution is -2.00. The highest BCUT2D eigenvalue weighted by molar-refractivity contribution is 9.10. The summed E-state index contributed by atoms with van der Waals surface area (Å²) in [4.78, 5) is 8.25. The van der Waals surface area contributed by atoms with Crippen LogP contribution in [0, 0.1) is 0 Å². The van der Waals surface area contributed by atoms with E-state index in [1.807, 2.05) is 24.3 Å². The van der Waals surface area contributed by atoms with Gasteiger partial charge in [-0.15, -0.1) is 0 Å². The zero-order valence-electron chi connectivity index (χ0n) is 9.04. The summed E-state index contributed by atoms with van der Waals surface area (Å²) in [5.74, 6) is 1.43. The fraction of sp³-hybridized carbons (Fsp3) is 0.0909. The second-order valence-electron chi connectivity index (χ2n) is 3.27. The number of anilines is 3. The molecule has 0 aliphatic carbocycles. The van der Waals surface area contributed by atoms with E-state index in [9.17, 15) is 0 Å². The predicted octanol–water partition coefficient (Wildman–Crippen LogP) is 3.68. The topological polar surface area (TPSA) is 49.8 Å². The number of nitrogens with one attached hydrogen (secondary N) is 2. The zero-order valence-corrected chi connectivity index (χ0v) is 11.4. The Kier molecular flexibility index (Phi) is 3.81. The Morgan fingerprint density at radius 1 is 1.12 bits per heavy atom. The van der Waals surface area contributed by atoms with E-state index in [1.165, 1.54) is 6.33 Å². The Morgan fingerprint density at radius 2 is 1.76 bits per heavy atom. The number of aromatic nitrogens is 2. The van der Waals surface area contributed by atoms with Crippen LogP contribution < -0.4 is 10.6 Å². The van der Waals surface area contributed by atoms with Crippen LogP contribution in [0.25, 0.3) is 0 Å². The van der Waals surface area contributed by atoms with E-state index in [-0.39, 0.29) is 0 Å². The molecule has 0 saturated carbocycles. The molecule has 88 valence electrons. The lowest BCUT2D eigenvalue weighted by Gasteiger charge is -2.09. The van der Waals surface area contributed by atoms with Crippen LogP contribution in [0.2, 0.25) is 5.02 Å². The minimum atomic E-state index is 0.701. The summed E-state index contributed by atoms with van der Waals surface area (Å²) < 4.78 is 0.789. The summed E-state index contributed by atoms with van der Waals surface area (Å²) in [5.41, 5.74) is 0.913. The molecular formula is C11H10BrClN4. The summed E-state index contributed by atoms with van der Waals surface area (Å²) in [6, 6.07) is 7.40. The molecule has 2 N–H and O–H groups in total. The third-order valence-corrected chi connectivity index (χ3v) is 3.14. The van der Waals surface area contributed by atoms with E-state index in [4.69, 9.17) is 11.6 Å². The Bertz CT molecular complexity index is 515. The molecule has 0 spiro atoms. The van der Waals surface area contributed by atoms with Crippen LogP contribution in [-0.2, 0) is 0 Å². The van der Waals surface area contributed by atoms with Gasteiger partial charge in [0.25, 0.3) is 0 Å². The Hall–Kier alpha value is -1.33. The lowest BCUT2D eigenvalue weighted by molar-refractivity contribution is 1.14. The van der Waals surface area contributed by atoms with Crippen LogP contribution in [0.5, 0.6) is 0 Å². The van der Waals surface area contributed by atoms with Gasteiger partial charge in [0, 0.05) is 17.8 Å². The van der Waals surface area contributed by atoms with E-state index < -0.39 is 0 Å². The second-order valence-corrected chi connectivity index (χ2v) is 4.50. The molecule has 2 rings (SSSR count). The first kappa shape index (κ1) is 12.1. The van der Waals surface area contributed by atoms with Gasteiger partial charge in [0.1, 0.15) is 22.4 Å². The highest BCUT2D eigenvalue weighted by atomic mass is 79.9. The maximum atomic E-state index is 5.82. The van der Waals surface area contributed by atoms with Crippen molar-refractivity contribution in [2.75, 3.05) is 17.7 Å². The average Bonchev–Trinajstić information content (AvgIpc) is 2.35. The van der Waals surface area contributed by atoms with Crippen molar-refractivity contribution in [1.82, 2.24) is 9.97 Å². The van der Waals surface area contributed by atoms with Gasteiger partial charge in [-0.25, -0.2) is 9.97 Å². The SMILES string of the molecule is CNc1ncnc(Nc2ccc(Cl)cc2)c1Br. The van der Waals surface area contributed by atoms with Gasteiger partial charge in [0.15, 0.2) is 0 Å². The largest absolute Gasteiger partial charge is 0.372 e. The highest BCUT2D eigenvalue weighted by Crippen LogP contribution is 2.28. The van der Waals surface area contributed by atoms with E-state index in [2.05, 4.69) is 36.5 Å². The van der Waals surface area contributed by atoms with E-state index in [0.717, 1.165) is 16.0 Å². The highest BCUT2D eigenvalue weighted by Gasteiger charge is 2.07. The molecule has 1 aromatic carbocycles. The Balaban J connectivity index is 2.27. The fourth-order valence-corrected chi connectivity index (χ4v) is 1.93. The van der Waals surface area contributed by atoms with Gasteiger partial charge in [-0.05, 0) is 40.2 Å². The molecular weight excluding hydrogens is 304 g/mol. The third-order valence-electron chi connectivity index (χ3n) is 2.13. The first-order valence-corrected chi connectivity index (χ1v) is 6.08. The monoisotopic (exact) mass is 312 g/mol. The molecule has 4 nitrogen and oxygen atoms in total. The maximum Gasteiger partial charge on any atom is 0.150 e. The van der Waals surface area contributed by atoms with Gasteiger partial charge in [0.2, 0.25) is 0 Å². The van der Waals surface area contributed by atoms with Crippen molar-refractivity contribution in [3.8, 4) is 0 Å². The third kappa shape index (κ3) is 2.87. The average molecular weight is 314 g/mol. The molecule has 6 heteroatoms. The molecule has 2 aromatic rings. The fourth-order valence-electron chi connectivity index (χ4n) is 1.30. The van der Waals surface area contributed by atoms with Crippen LogP contribution in [0.4, 0.5) is 17.3 Å². The quantitative estimate of drug-likeness (QED) is 0.907. The molecule has 1 aromatic heterocycles. The van der Waals surface area contributed by atoms with Crippen molar-refractivity contribution >= 4 is 44.9 Å². The van der Waals surface area contributed by atoms with Crippen LogP contribution in [0.3, 0.4) is 0 Å². The number of benzene rings is 1. The van der Waals surface area contributed by atoms with E-state index >= 15 is 0 Å². The summed E-state index contributed by atoms with van der Waals surface area (Å²) in [5, 5.41) is 6.85. The molecule has 0 radical (unpaired) electrons. The Labute approximate surface area is 113 Å². The summed E-state index contributed by atoms with van der Waals surface area (Å²) in [6.07, 6.45) is 1.49. The molecule has 0 saturated heterocycles. The van der Waals surface area contributed by atoms with Gasteiger partial charge in [-0.1, -0.05) is 11.6 Å². The molecule has 0 unspecified atom stereocenters. The summed E-state index contributed by atoms with van der Waals surface area (Å²) in [6.45, 7) is 0. The lowest BCUT2D eigenvalue weighted by atomic mass is 10.3. The number of nitrogens with zero attached hydrogens (tertiary/aromatic N) is 2. The van der Waals surface area contributed by atoms with Crippen LogP contribution >= 0.6 is 27.5 Å². The van der Waals surface area contributed by atoms with E-state index in [0.29, 0.717) is 10.8 Å². The molecule has 1 heterocycles.